The molecule has 3 aromatic carbocycles. The Bertz CT molecular complexity index is 1150. The van der Waals surface area contributed by atoms with E-state index in [1.54, 1.807) is 0 Å². The van der Waals surface area contributed by atoms with Crippen LogP contribution in [0.2, 0.25) is 0 Å². The number of aromatic nitrogens is 1. The molecule has 0 aliphatic carbocycles. The molecule has 1 amide bonds. The SMILES string of the molecule is CCOc1ccc(-c2cc(C(=O)N[C@@H](C)c3ccccc3)c3ccccc3n2)cc1. The average Bonchev–Trinajstić information content (AvgIpc) is 2.79. The predicted molar refractivity (Wildman–Crippen MR) is 121 cm³/mol. The van der Waals surface area contributed by atoms with Crippen molar-refractivity contribution in [2.75, 3.05) is 6.61 Å². The minimum Gasteiger partial charge on any atom is -0.494 e. The summed E-state index contributed by atoms with van der Waals surface area (Å²) in [7, 11) is 0. The third-order valence-electron chi connectivity index (χ3n) is 5.07. The van der Waals surface area contributed by atoms with Crippen LogP contribution in [0, 0.1) is 0 Å². The quantitative estimate of drug-likeness (QED) is 0.449. The van der Waals surface area contributed by atoms with Gasteiger partial charge in [0.25, 0.3) is 5.91 Å². The number of pyridine rings is 1. The van der Waals surface area contributed by atoms with Crippen molar-refractivity contribution in [3.8, 4) is 17.0 Å². The van der Waals surface area contributed by atoms with E-state index in [-0.39, 0.29) is 11.9 Å². The van der Waals surface area contributed by atoms with Gasteiger partial charge in [0.05, 0.1) is 29.4 Å². The smallest absolute Gasteiger partial charge is 0.252 e. The number of fused-ring (bicyclic) bond motifs is 1. The van der Waals surface area contributed by atoms with Crippen LogP contribution >= 0.6 is 0 Å². The van der Waals surface area contributed by atoms with Crippen LogP contribution in [0.3, 0.4) is 0 Å². The van der Waals surface area contributed by atoms with Crippen molar-refractivity contribution in [1.29, 1.82) is 0 Å². The van der Waals surface area contributed by atoms with Crippen LogP contribution < -0.4 is 10.1 Å². The molecule has 0 fully saturated rings. The normalized spacial score (nSPS) is 11.8. The van der Waals surface area contributed by atoms with Crippen molar-refractivity contribution in [1.82, 2.24) is 10.3 Å². The number of ether oxygens (including phenoxy) is 1. The maximum absolute atomic E-state index is 13.2. The number of hydrogen-bond acceptors (Lipinski definition) is 3. The zero-order chi connectivity index (χ0) is 20.9. The number of rotatable bonds is 6. The van der Waals surface area contributed by atoms with Gasteiger partial charge in [-0.05, 0) is 55.8 Å². The highest BCUT2D eigenvalue weighted by Crippen LogP contribution is 2.27. The molecule has 1 heterocycles. The Kier molecular flexibility index (Phi) is 5.75. The van der Waals surface area contributed by atoms with E-state index in [4.69, 9.17) is 9.72 Å². The first-order chi connectivity index (χ1) is 14.7. The summed E-state index contributed by atoms with van der Waals surface area (Å²) in [5, 5.41) is 3.96. The van der Waals surface area contributed by atoms with Gasteiger partial charge in [0.15, 0.2) is 0 Å². The van der Waals surface area contributed by atoms with Gasteiger partial charge in [0.2, 0.25) is 0 Å². The lowest BCUT2D eigenvalue weighted by Gasteiger charge is -2.16. The number of benzene rings is 3. The molecule has 0 spiro atoms. The molecule has 0 saturated heterocycles. The van der Waals surface area contributed by atoms with E-state index in [0.29, 0.717) is 12.2 Å². The van der Waals surface area contributed by atoms with Gasteiger partial charge in [-0.3, -0.25) is 4.79 Å². The number of hydrogen-bond donors (Lipinski definition) is 1. The van der Waals surface area contributed by atoms with Gasteiger partial charge in [-0.2, -0.15) is 0 Å². The van der Waals surface area contributed by atoms with Gasteiger partial charge < -0.3 is 10.1 Å². The maximum Gasteiger partial charge on any atom is 0.252 e. The Balaban J connectivity index is 1.70. The first-order valence-electron chi connectivity index (χ1n) is 10.1. The van der Waals surface area contributed by atoms with Crippen LogP contribution in [0.1, 0.15) is 35.8 Å². The van der Waals surface area contributed by atoms with Crippen LogP contribution in [0.5, 0.6) is 5.75 Å². The fourth-order valence-electron chi connectivity index (χ4n) is 3.50. The topological polar surface area (TPSA) is 51.2 Å². The van der Waals surface area contributed by atoms with E-state index >= 15 is 0 Å². The maximum atomic E-state index is 13.2. The molecule has 0 aliphatic heterocycles. The second-order valence-corrected chi connectivity index (χ2v) is 7.14. The summed E-state index contributed by atoms with van der Waals surface area (Å²) in [6.45, 7) is 4.57. The monoisotopic (exact) mass is 396 g/mol. The molecule has 0 radical (unpaired) electrons. The number of carbonyl (C=O) groups excluding carboxylic acids is 1. The van der Waals surface area contributed by atoms with E-state index in [1.807, 2.05) is 98.8 Å². The highest BCUT2D eigenvalue weighted by Gasteiger charge is 2.16. The molecule has 30 heavy (non-hydrogen) atoms. The van der Waals surface area contributed by atoms with Gasteiger partial charge in [-0.25, -0.2) is 4.98 Å². The summed E-state index contributed by atoms with van der Waals surface area (Å²) in [5.41, 5.74) is 4.17. The van der Waals surface area contributed by atoms with Gasteiger partial charge in [-0.1, -0.05) is 48.5 Å². The van der Waals surface area contributed by atoms with Crippen molar-refractivity contribution in [3.63, 3.8) is 0 Å². The fraction of sp³-hybridized carbons (Fsp3) is 0.154. The Morgan fingerprint density at radius 2 is 1.67 bits per heavy atom. The molecule has 4 rings (SSSR count). The second-order valence-electron chi connectivity index (χ2n) is 7.14. The number of nitrogens with one attached hydrogen (secondary N) is 1. The lowest BCUT2D eigenvalue weighted by Crippen LogP contribution is -2.27. The van der Waals surface area contributed by atoms with Gasteiger partial charge in [0.1, 0.15) is 5.75 Å². The van der Waals surface area contributed by atoms with Crippen molar-refractivity contribution >= 4 is 16.8 Å². The van der Waals surface area contributed by atoms with Gasteiger partial charge >= 0.3 is 0 Å². The molecule has 1 aromatic heterocycles. The van der Waals surface area contributed by atoms with E-state index in [0.717, 1.165) is 33.5 Å². The van der Waals surface area contributed by atoms with E-state index in [9.17, 15) is 4.79 Å². The molecule has 4 aromatic rings. The summed E-state index contributed by atoms with van der Waals surface area (Å²) in [4.78, 5) is 18.0. The standard InChI is InChI=1S/C26H24N2O2/c1-3-30-21-15-13-20(14-16-21)25-17-23(22-11-7-8-12-24(22)28-25)26(29)27-18(2)19-9-5-4-6-10-19/h4-18H,3H2,1-2H3,(H,27,29)/t18-/m0/s1. The molecular weight excluding hydrogens is 372 g/mol. The zero-order valence-corrected chi connectivity index (χ0v) is 17.1. The molecule has 4 heteroatoms. The van der Waals surface area contributed by atoms with Crippen LogP contribution in [0.15, 0.2) is 84.9 Å². The predicted octanol–water partition coefficient (Wildman–Crippen LogP) is 5.79. The molecule has 1 atom stereocenters. The first-order valence-corrected chi connectivity index (χ1v) is 10.1. The summed E-state index contributed by atoms with van der Waals surface area (Å²) < 4.78 is 5.53. The van der Waals surface area contributed by atoms with E-state index in [1.165, 1.54) is 0 Å². The second kappa shape index (κ2) is 8.78. The Morgan fingerprint density at radius 3 is 2.40 bits per heavy atom. The van der Waals surface area contributed by atoms with E-state index < -0.39 is 0 Å². The van der Waals surface area contributed by atoms with Gasteiger partial charge in [0, 0.05) is 10.9 Å². The molecule has 0 saturated carbocycles. The number of para-hydroxylation sites is 1. The lowest BCUT2D eigenvalue weighted by atomic mass is 10.0. The van der Waals surface area contributed by atoms with Crippen LogP contribution in [-0.4, -0.2) is 17.5 Å². The van der Waals surface area contributed by atoms with Crippen LogP contribution in [-0.2, 0) is 0 Å². The van der Waals surface area contributed by atoms with Gasteiger partial charge in [-0.15, -0.1) is 0 Å². The van der Waals surface area contributed by atoms with Crippen LogP contribution in [0.25, 0.3) is 22.2 Å². The highest BCUT2D eigenvalue weighted by molar-refractivity contribution is 6.07. The molecule has 0 bridgehead atoms. The molecule has 150 valence electrons. The summed E-state index contributed by atoms with van der Waals surface area (Å²) >= 11 is 0. The van der Waals surface area contributed by atoms with Crippen molar-refractivity contribution in [2.45, 2.75) is 19.9 Å². The summed E-state index contributed by atoms with van der Waals surface area (Å²) in [6.07, 6.45) is 0. The summed E-state index contributed by atoms with van der Waals surface area (Å²) in [5.74, 6) is 0.703. The molecule has 4 nitrogen and oxygen atoms in total. The van der Waals surface area contributed by atoms with Crippen molar-refractivity contribution in [3.05, 3.63) is 96.1 Å². The Labute approximate surface area is 176 Å². The third kappa shape index (κ3) is 4.18. The largest absolute Gasteiger partial charge is 0.494 e. The Morgan fingerprint density at radius 1 is 0.967 bits per heavy atom. The molecule has 0 unspecified atom stereocenters. The lowest BCUT2D eigenvalue weighted by molar-refractivity contribution is 0.0941. The fourth-order valence-corrected chi connectivity index (χ4v) is 3.50. The van der Waals surface area contributed by atoms with Crippen molar-refractivity contribution in [2.24, 2.45) is 0 Å². The minimum atomic E-state index is -0.114. The van der Waals surface area contributed by atoms with Crippen LogP contribution in [0.4, 0.5) is 0 Å². The molecule has 0 aliphatic rings. The number of amides is 1. The number of nitrogens with zero attached hydrogens (tertiary/aromatic N) is 1. The minimum absolute atomic E-state index is 0.0976. The highest BCUT2D eigenvalue weighted by atomic mass is 16.5. The Hall–Kier alpha value is -3.66. The zero-order valence-electron chi connectivity index (χ0n) is 17.1. The average molecular weight is 396 g/mol. The van der Waals surface area contributed by atoms with E-state index in [2.05, 4.69) is 5.32 Å². The molecule has 1 N–H and O–H groups in total. The summed E-state index contributed by atoms with van der Waals surface area (Å²) in [6, 6.07) is 27.2. The number of carbonyl (C=O) groups is 1. The molecular formula is C26H24N2O2. The first kappa shape index (κ1) is 19.6. The van der Waals surface area contributed by atoms with Crippen molar-refractivity contribution < 1.29 is 9.53 Å². The third-order valence-corrected chi connectivity index (χ3v) is 5.07.